The Morgan fingerprint density at radius 1 is 1.12 bits per heavy atom. The van der Waals surface area contributed by atoms with Gasteiger partial charge in [-0.05, 0) is 35.4 Å². The first-order valence-electron chi connectivity index (χ1n) is 5.61. The highest BCUT2D eigenvalue weighted by Crippen LogP contribution is 2.40. The van der Waals surface area contributed by atoms with Gasteiger partial charge in [-0.15, -0.1) is 0 Å². The molecule has 0 aromatic heterocycles. The number of hydrogen-bond donors (Lipinski definition) is 1. The first-order chi connectivity index (χ1) is 7.12. The molecule has 1 rings (SSSR count). The Morgan fingerprint density at radius 2 is 1.69 bits per heavy atom. The second-order valence-electron chi connectivity index (χ2n) is 6.28. The van der Waals surface area contributed by atoms with E-state index in [0.717, 1.165) is 12.0 Å². The van der Waals surface area contributed by atoms with E-state index in [1.165, 1.54) is 0 Å². The molecule has 0 aliphatic carbocycles. The summed E-state index contributed by atoms with van der Waals surface area (Å²) in [6, 6.07) is 5.25. The van der Waals surface area contributed by atoms with Gasteiger partial charge in [0.2, 0.25) is 0 Å². The third-order valence-electron chi connectivity index (χ3n) is 2.66. The van der Waals surface area contributed by atoms with Crippen LogP contribution in [0.2, 0.25) is 5.02 Å². The molecular weight excluding hydrogens is 220 g/mol. The minimum absolute atomic E-state index is 0.0762. The monoisotopic (exact) mass is 240 g/mol. The van der Waals surface area contributed by atoms with Crippen LogP contribution in [-0.2, 0) is 5.41 Å². The van der Waals surface area contributed by atoms with Crippen LogP contribution in [0.5, 0.6) is 5.75 Å². The highest BCUT2D eigenvalue weighted by Gasteiger charge is 2.29. The first-order valence-corrected chi connectivity index (χ1v) is 5.99. The van der Waals surface area contributed by atoms with Crippen molar-refractivity contribution in [2.45, 2.75) is 46.5 Å². The van der Waals surface area contributed by atoms with Crippen molar-refractivity contribution in [3.8, 4) is 5.75 Å². The van der Waals surface area contributed by atoms with Crippen molar-refractivity contribution >= 4 is 11.6 Å². The van der Waals surface area contributed by atoms with Crippen LogP contribution >= 0.6 is 11.6 Å². The lowest BCUT2D eigenvalue weighted by Gasteiger charge is -2.33. The quantitative estimate of drug-likeness (QED) is 0.790. The third-order valence-corrected chi connectivity index (χ3v) is 2.90. The van der Waals surface area contributed by atoms with Gasteiger partial charge < -0.3 is 5.11 Å². The molecule has 0 aliphatic rings. The number of rotatable bonds is 2. The molecule has 0 aliphatic heterocycles. The van der Waals surface area contributed by atoms with Crippen LogP contribution in [0.25, 0.3) is 0 Å². The van der Waals surface area contributed by atoms with Crippen LogP contribution in [0.15, 0.2) is 18.2 Å². The van der Waals surface area contributed by atoms with Gasteiger partial charge in [0.25, 0.3) is 0 Å². The molecule has 0 saturated heterocycles. The summed E-state index contributed by atoms with van der Waals surface area (Å²) in [6.45, 7) is 10.9. The van der Waals surface area contributed by atoms with Gasteiger partial charge >= 0.3 is 0 Å². The molecule has 0 spiro atoms. The maximum atomic E-state index is 9.91. The van der Waals surface area contributed by atoms with Crippen molar-refractivity contribution in [1.29, 1.82) is 0 Å². The molecule has 0 heterocycles. The summed E-state index contributed by atoms with van der Waals surface area (Å²) in [4.78, 5) is 0. The van der Waals surface area contributed by atoms with Crippen LogP contribution in [0.4, 0.5) is 0 Å². The minimum atomic E-state index is -0.0762. The van der Waals surface area contributed by atoms with E-state index in [9.17, 15) is 5.11 Å². The van der Waals surface area contributed by atoms with E-state index in [4.69, 9.17) is 11.6 Å². The summed E-state index contributed by atoms with van der Waals surface area (Å²) in [5, 5.41) is 10.6. The minimum Gasteiger partial charge on any atom is -0.508 e. The lowest BCUT2D eigenvalue weighted by molar-refractivity contribution is 0.278. The maximum absolute atomic E-state index is 9.91. The maximum Gasteiger partial charge on any atom is 0.119 e. The first kappa shape index (κ1) is 13.4. The molecule has 90 valence electrons. The van der Waals surface area contributed by atoms with Gasteiger partial charge in [0.1, 0.15) is 5.75 Å². The average molecular weight is 241 g/mol. The normalized spacial score (nSPS) is 12.9. The van der Waals surface area contributed by atoms with Gasteiger partial charge in [0.05, 0.1) is 0 Å². The Morgan fingerprint density at radius 3 is 2.19 bits per heavy atom. The Kier molecular flexibility index (Phi) is 3.59. The zero-order valence-corrected chi connectivity index (χ0v) is 11.5. The van der Waals surface area contributed by atoms with E-state index < -0.39 is 0 Å². The predicted molar refractivity (Wildman–Crippen MR) is 70.2 cm³/mol. The van der Waals surface area contributed by atoms with Crippen LogP contribution in [0.1, 0.15) is 46.6 Å². The van der Waals surface area contributed by atoms with Gasteiger partial charge in [0.15, 0.2) is 0 Å². The zero-order valence-electron chi connectivity index (χ0n) is 10.8. The summed E-state index contributed by atoms with van der Waals surface area (Å²) in [5.41, 5.74) is 1.07. The number of hydrogen-bond acceptors (Lipinski definition) is 1. The van der Waals surface area contributed by atoms with Crippen LogP contribution in [0.3, 0.4) is 0 Å². The van der Waals surface area contributed by atoms with Crippen molar-refractivity contribution in [3.05, 3.63) is 28.8 Å². The fraction of sp³-hybridized carbons (Fsp3) is 0.571. The molecule has 1 aromatic carbocycles. The molecule has 0 fully saturated rings. The number of halogens is 1. The van der Waals surface area contributed by atoms with Crippen molar-refractivity contribution in [2.75, 3.05) is 0 Å². The molecule has 0 radical (unpaired) electrons. The van der Waals surface area contributed by atoms with Gasteiger partial charge in [-0.3, -0.25) is 0 Å². The number of benzene rings is 1. The van der Waals surface area contributed by atoms with Crippen molar-refractivity contribution in [3.63, 3.8) is 0 Å². The van der Waals surface area contributed by atoms with E-state index in [0.29, 0.717) is 10.8 Å². The highest BCUT2D eigenvalue weighted by atomic mass is 35.5. The van der Waals surface area contributed by atoms with E-state index in [-0.39, 0.29) is 10.8 Å². The molecule has 0 unspecified atom stereocenters. The molecule has 0 amide bonds. The average Bonchev–Trinajstić information content (AvgIpc) is 2.04. The Labute approximate surface area is 103 Å². The standard InChI is InChI=1S/C14H21ClO/c1-13(2,3)9-14(4,5)11-8-10(15)6-7-12(11)16/h6-8,16H,9H2,1-5H3. The number of phenolic OH excluding ortho intramolecular Hbond substituents is 1. The largest absolute Gasteiger partial charge is 0.508 e. The summed E-state index contributed by atoms with van der Waals surface area (Å²) in [5.74, 6) is 0.332. The van der Waals surface area contributed by atoms with Crippen LogP contribution in [-0.4, -0.2) is 5.11 Å². The van der Waals surface area contributed by atoms with E-state index >= 15 is 0 Å². The van der Waals surface area contributed by atoms with Crippen molar-refractivity contribution < 1.29 is 5.11 Å². The van der Waals surface area contributed by atoms with Crippen molar-refractivity contribution in [2.24, 2.45) is 5.41 Å². The van der Waals surface area contributed by atoms with Crippen LogP contribution < -0.4 is 0 Å². The highest BCUT2D eigenvalue weighted by molar-refractivity contribution is 6.30. The zero-order chi connectivity index (χ0) is 12.6. The molecular formula is C14H21ClO. The Hall–Kier alpha value is -0.690. The molecule has 1 nitrogen and oxygen atoms in total. The molecule has 1 N–H and O–H groups in total. The van der Waals surface area contributed by atoms with E-state index in [2.05, 4.69) is 34.6 Å². The lowest BCUT2D eigenvalue weighted by atomic mass is 9.72. The second kappa shape index (κ2) is 4.29. The van der Waals surface area contributed by atoms with Gasteiger partial charge in [-0.1, -0.05) is 46.2 Å². The van der Waals surface area contributed by atoms with E-state index in [1.807, 2.05) is 6.07 Å². The molecule has 2 heteroatoms. The topological polar surface area (TPSA) is 20.2 Å². The summed E-state index contributed by atoms with van der Waals surface area (Å²) in [6.07, 6.45) is 0.994. The molecule has 0 saturated carbocycles. The fourth-order valence-electron chi connectivity index (χ4n) is 2.47. The molecule has 1 aromatic rings. The number of aromatic hydroxyl groups is 1. The Bertz CT molecular complexity index is 375. The fourth-order valence-corrected chi connectivity index (χ4v) is 2.64. The second-order valence-corrected chi connectivity index (χ2v) is 6.72. The molecule has 0 atom stereocenters. The van der Waals surface area contributed by atoms with E-state index in [1.54, 1.807) is 12.1 Å². The van der Waals surface area contributed by atoms with Gasteiger partial charge in [-0.2, -0.15) is 0 Å². The van der Waals surface area contributed by atoms with Gasteiger partial charge in [0, 0.05) is 10.6 Å². The SMILES string of the molecule is CC(C)(C)CC(C)(C)c1cc(Cl)ccc1O. The summed E-state index contributed by atoms with van der Waals surface area (Å²) >= 11 is 5.98. The molecule has 0 bridgehead atoms. The van der Waals surface area contributed by atoms with Crippen LogP contribution in [0, 0.1) is 5.41 Å². The summed E-state index contributed by atoms with van der Waals surface area (Å²) in [7, 11) is 0. The Balaban J connectivity index is 3.11. The smallest absolute Gasteiger partial charge is 0.119 e. The van der Waals surface area contributed by atoms with Gasteiger partial charge in [-0.25, -0.2) is 0 Å². The number of phenols is 1. The third kappa shape index (κ3) is 3.41. The predicted octanol–water partition coefficient (Wildman–Crippen LogP) is 4.76. The van der Waals surface area contributed by atoms with Crippen molar-refractivity contribution in [1.82, 2.24) is 0 Å². The molecule has 16 heavy (non-hydrogen) atoms. The lowest BCUT2D eigenvalue weighted by Crippen LogP contribution is -2.24. The summed E-state index contributed by atoms with van der Waals surface area (Å²) < 4.78 is 0.